The molecule has 4 nitrogen and oxygen atoms in total. The number of aliphatic hydroxyl groups is 1. The Bertz CT molecular complexity index is 618. The van der Waals surface area contributed by atoms with Gasteiger partial charge in [-0.25, -0.2) is 4.98 Å². The van der Waals surface area contributed by atoms with Crippen LogP contribution in [0, 0.1) is 6.92 Å². The van der Waals surface area contributed by atoms with Crippen LogP contribution in [-0.4, -0.2) is 28.6 Å². The first-order valence-electron chi connectivity index (χ1n) is 7.04. The third-order valence-corrected chi connectivity index (χ3v) is 4.38. The second kappa shape index (κ2) is 6.83. The average Bonchev–Trinajstić information content (AvgIpc) is 2.87. The molecule has 1 amide bonds. The van der Waals surface area contributed by atoms with Crippen molar-refractivity contribution in [1.29, 1.82) is 0 Å². The first-order chi connectivity index (χ1) is 10.0. The molecular formula is C16H20N2O2S. The van der Waals surface area contributed by atoms with Crippen LogP contribution in [0.5, 0.6) is 0 Å². The summed E-state index contributed by atoms with van der Waals surface area (Å²) in [6, 6.07) is 8.24. The Morgan fingerprint density at radius 2 is 2.05 bits per heavy atom. The third kappa shape index (κ3) is 3.89. The topological polar surface area (TPSA) is 62.2 Å². The predicted molar refractivity (Wildman–Crippen MR) is 85.7 cm³/mol. The molecule has 1 unspecified atom stereocenters. The lowest BCUT2D eigenvalue weighted by molar-refractivity contribution is 0.0927. The van der Waals surface area contributed by atoms with E-state index in [1.807, 2.05) is 19.1 Å². The second-order valence-electron chi connectivity index (χ2n) is 5.04. The zero-order valence-electron chi connectivity index (χ0n) is 12.5. The molecule has 1 heterocycles. The number of carbonyl (C=O) groups excluding carboxylic acids is 1. The van der Waals surface area contributed by atoms with Gasteiger partial charge in [-0.15, -0.1) is 11.3 Å². The zero-order valence-corrected chi connectivity index (χ0v) is 13.3. The summed E-state index contributed by atoms with van der Waals surface area (Å²) >= 11 is 1.38. The van der Waals surface area contributed by atoms with E-state index < -0.39 is 6.10 Å². The standard InChI is InChI=1S/C16H20N2O2S/c1-4-12-5-7-13(8-6-12)16-18-11(3)14(21-16)15(20)17-9-10(2)19/h5-8,10,19H,4,9H2,1-3H3,(H,17,20). The van der Waals surface area contributed by atoms with E-state index in [1.54, 1.807) is 6.92 Å². The molecular weight excluding hydrogens is 284 g/mol. The number of aromatic nitrogens is 1. The van der Waals surface area contributed by atoms with Gasteiger partial charge in [-0.1, -0.05) is 31.2 Å². The lowest BCUT2D eigenvalue weighted by atomic mass is 10.1. The third-order valence-electron chi connectivity index (χ3n) is 3.17. The first-order valence-corrected chi connectivity index (χ1v) is 7.86. The molecule has 0 spiro atoms. The zero-order chi connectivity index (χ0) is 15.4. The number of carbonyl (C=O) groups is 1. The van der Waals surface area contributed by atoms with Crippen LogP contribution in [0.25, 0.3) is 10.6 Å². The number of aliphatic hydroxyl groups excluding tert-OH is 1. The monoisotopic (exact) mass is 304 g/mol. The Balaban J connectivity index is 2.19. The maximum atomic E-state index is 12.1. The Hall–Kier alpha value is -1.72. The number of benzene rings is 1. The number of nitrogens with one attached hydrogen (secondary N) is 1. The molecule has 1 atom stereocenters. The highest BCUT2D eigenvalue weighted by atomic mass is 32.1. The Kier molecular flexibility index (Phi) is 5.09. The summed E-state index contributed by atoms with van der Waals surface area (Å²) in [5.41, 5.74) is 3.02. The highest BCUT2D eigenvalue weighted by Gasteiger charge is 2.16. The molecule has 112 valence electrons. The minimum absolute atomic E-state index is 0.178. The Morgan fingerprint density at radius 1 is 1.38 bits per heavy atom. The number of hydrogen-bond acceptors (Lipinski definition) is 4. The smallest absolute Gasteiger partial charge is 0.263 e. The van der Waals surface area contributed by atoms with Crippen molar-refractivity contribution >= 4 is 17.2 Å². The minimum Gasteiger partial charge on any atom is -0.392 e. The number of amides is 1. The molecule has 0 aliphatic rings. The summed E-state index contributed by atoms with van der Waals surface area (Å²) in [5, 5.41) is 12.8. The highest BCUT2D eigenvalue weighted by Crippen LogP contribution is 2.28. The van der Waals surface area contributed by atoms with Crippen molar-refractivity contribution in [2.24, 2.45) is 0 Å². The molecule has 0 radical (unpaired) electrons. The van der Waals surface area contributed by atoms with Crippen molar-refractivity contribution in [3.63, 3.8) is 0 Å². The van der Waals surface area contributed by atoms with Gasteiger partial charge in [-0.2, -0.15) is 0 Å². The van der Waals surface area contributed by atoms with Crippen molar-refractivity contribution in [1.82, 2.24) is 10.3 Å². The number of rotatable bonds is 5. The lowest BCUT2D eigenvalue weighted by Gasteiger charge is -2.05. The van der Waals surface area contributed by atoms with Crippen molar-refractivity contribution in [2.45, 2.75) is 33.3 Å². The summed E-state index contributed by atoms with van der Waals surface area (Å²) in [6.45, 7) is 5.84. The number of nitrogens with zero attached hydrogens (tertiary/aromatic N) is 1. The van der Waals surface area contributed by atoms with Gasteiger partial charge in [0.1, 0.15) is 9.88 Å². The van der Waals surface area contributed by atoms with Crippen LogP contribution in [0.15, 0.2) is 24.3 Å². The fourth-order valence-electron chi connectivity index (χ4n) is 1.93. The van der Waals surface area contributed by atoms with E-state index in [4.69, 9.17) is 0 Å². The van der Waals surface area contributed by atoms with Gasteiger partial charge >= 0.3 is 0 Å². The van der Waals surface area contributed by atoms with E-state index in [0.717, 1.165) is 22.7 Å². The molecule has 1 aromatic carbocycles. The van der Waals surface area contributed by atoms with E-state index in [9.17, 15) is 9.90 Å². The van der Waals surface area contributed by atoms with Crippen molar-refractivity contribution in [2.75, 3.05) is 6.54 Å². The SMILES string of the molecule is CCc1ccc(-c2nc(C)c(C(=O)NCC(C)O)s2)cc1. The van der Waals surface area contributed by atoms with Gasteiger partial charge in [0.05, 0.1) is 11.8 Å². The van der Waals surface area contributed by atoms with Crippen molar-refractivity contribution in [3.8, 4) is 10.6 Å². The van der Waals surface area contributed by atoms with Crippen LogP contribution in [0.1, 0.15) is 34.8 Å². The Labute approximate surface area is 128 Å². The molecule has 0 aliphatic heterocycles. The Morgan fingerprint density at radius 3 is 2.62 bits per heavy atom. The van der Waals surface area contributed by atoms with E-state index >= 15 is 0 Å². The largest absolute Gasteiger partial charge is 0.392 e. The number of hydrogen-bond donors (Lipinski definition) is 2. The van der Waals surface area contributed by atoms with Crippen LogP contribution in [-0.2, 0) is 6.42 Å². The maximum absolute atomic E-state index is 12.1. The van der Waals surface area contributed by atoms with Crippen LogP contribution in [0.4, 0.5) is 0 Å². The summed E-state index contributed by atoms with van der Waals surface area (Å²) in [4.78, 5) is 17.1. The summed E-state index contributed by atoms with van der Waals surface area (Å²) < 4.78 is 0. The summed E-state index contributed by atoms with van der Waals surface area (Å²) in [7, 11) is 0. The van der Waals surface area contributed by atoms with Gasteiger partial charge in [-0.05, 0) is 25.8 Å². The molecule has 5 heteroatoms. The minimum atomic E-state index is -0.553. The highest BCUT2D eigenvalue weighted by molar-refractivity contribution is 7.17. The average molecular weight is 304 g/mol. The quantitative estimate of drug-likeness (QED) is 0.893. The number of aryl methyl sites for hydroxylation is 2. The molecule has 0 saturated carbocycles. The predicted octanol–water partition coefficient (Wildman–Crippen LogP) is 2.79. The molecule has 0 bridgehead atoms. The van der Waals surface area contributed by atoms with Gasteiger partial charge in [0.25, 0.3) is 5.91 Å². The molecule has 2 aromatic rings. The lowest BCUT2D eigenvalue weighted by Crippen LogP contribution is -2.30. The normalized spacial score (nSPS) is 12.2. The van der Waals surface area contributed by atoms with Crippen LogP contribution < -0.4 is 5.32 Å². The molecule has 21 heavy (non-hydrogen) atoms. The van der Waals surface area contributed by atoms with Crippen molar-refractivity contribution < 1.29 is 9.90 Å². The number of thiazole rings is 1. The van der Waals surface area contributed by atoms with E-state index in [1.165, 1.54) is 16.9 Å². The van der Waals surface area contributed by atoms with Crippen LogP contribution in [0.2, 0.25) is 0 Å². The molecule has 1 aromatic heterocycles. The van der Waals surface area contributed by atoms with E-state index in [0.29, 0.717) is 4.88 Å². The maximum Gasteiger partial charge on any atom is 0.263 e. The van der Waals surface area contributed by atoms with E-state index in [2.05, 4.69) is 29.4 Å². The van der Waals surface area contributed by atoms with Crippen molar-refractivity contribution in [3.05, 3.63) is 40.4 Å². The van der Waals surface area contributed by atoms with E-state index in [-0.39, 0.29) is 12.5 Å². The summed E-state index contributed by atoms with van der Waals surface area (Å²) in [6.07, 6.45) is 0.452. The van der Waals surface area contributed by atoms with Gasteiger partial charge in [0, 0.05) is 12.1 Å². The molecule has 2 N–H and O–H groups in total. The van der Waals surface area contributed by atoms with Gasteiger partial charge in [-0.3, -0.25) is 4.79 Å². The van der Waals surface area contributed by atoms with Gasteiger partial charge in [0.2, 0.25) is 0 Å². The molecule has 0 fully saturated rings. The molecule has 2 rings (SSSR count). The van der Waals surface area contributed by atoms with Crippen LogP contribution >= 0.6 is 11.3 Å². The molecule has 0 aliphatic carbocycles. The van der Waals surface area contributed by atoms with Gasteiger partial charge in [0.15, 0.2) is 0 Å². The fraction of sp³-hybridized carbons (Fsp3) is 0.375. The van der Waals surface area contributed by atoms with Gasteiger partial charge < -0.3 is 10.4 Å². The van der Waals surface area contributed by atoms with Crippen LogP contribution in [0.3, 0.4) is 0 Å². The second-order valence-corrected chi connectivity index (χ2v) is 6.04. The molecule has 0 saturated heterocycles. The first kappa shape index (κ1) is 15.7. The summed E-state index contributed by atoms with van der Waals surface area (Å²) in [5.74, 6) is -0.178. The fourth-order valence-corrected chi connectivity index (χ4v) is 2.92.